The second kappa shape index (κ2) is 10.7. The molecule has 3 N–H and O–H groups in total. The molecule has 0 fully saturated rings. The average Bonchev–Trinajstić information content (AvgIpc) is 2.97. The van der Waals surface area contributed by atoms with Crippen molar-refractivity contribution in [1.29, 1.82) is 0 Å². The van der Waals surface area contributed by atoms with E-state index in [1.54, 1.807) is 6.07 Å². The summed E-state index contributed by atoms with van der Waals surface area (Å²) in [7, 11) is 0. The van der Waals surface area contributed by atoms with Gasteiger partial charge in [0.15, 0.2) is 0 Å². The number of halogens is 4. The molecule has 3 rings (SSSR count). The summed E-state index contributed by atoms with van der Waals surface area (Å²) in [6.07, 6.45) is 1.15. The van der Waals surface area contributed by atoms with Gasteiger partial charge in [-0.2, -0.15) is 13.2 Å². The van der Waals surface area contributed by atoms with Crippen molar-refractivity contribution in [3.63, 3.8) is 0 Å². The van der Waals surface area contributed by atoms with Gasteiger partial charge in [-0.15, -0.1) is 0 Å². The molecule has 0 radical (unpaired) electrons. The van der Waals surface area contributed by atoms with Gasteiger partial charge in [0, 0.05) is 23.5 Å². The topological polar surface area (TPSA) is 50.4 Å². The Labute approximate surface area is 186 Å². The van der Waals surface area contributed by atoms with E-state index in [0.29, 0.717) is 18.5 Å². The third kappa shape index (κ3) is 6.11. The Hall–Kier alpha value is -2.83. The molecule has 0 saturated carbocycles. The number of amidine groups is 1. The SMILES string of the molecule is CCCNc1ccc(F)cc1CC1=C(N=C(N)c2ccccc2C(F)(F)F)CCCCC1. The predicted molar refractivity (Wildman–Crippen MR) is 121 cm³/mol. The number of hydrogen-bond donors (Lipinski definition) is 2. The lowest BCUT2D eigenvalue weighted by Crippen LogP contribution is -2.20. The maximum atomic E-state index is 14.0. The first-order valence-electron chi connectivity index (χ1n) is 11.0. The normalized spacial score (nSPS) is 15.6. The summed E-state index contributed by atoms with van der Waals surface area (Å²) in [4.78, 5) is 4.49. The molecule has 0 aromatic heterocycles. The van der Waals surface area contributed by atoms with E-state index in [4.69, 9.17) is 5.73 Å². The molecule has 3 nitrogen and oxygen atoms in total. The van der Waals surface area contributed by atoms with Gasteiger partial charge in [-0.1, -0.05) is 31.5 Å². The number of nitrogens with one attached hydrogen (secondary N) is 1. The van der Waals surface area contributed by atoms with Crippen molar-refractivity contribution in [1.82, 2.24) is 0 Å². The van der Waals surface area contributed by atoms with Gasteiger partial charge in [-0.25, -0.2) is 9.38 Å². The van der Waals surface area contributed by atoms with Crippen LogP contribution in [0.1, 0.15) is 62.1 Å². The predicted octanol–water partition coefficient (Wildman–Crippen LogP) is 6.83. The molecule has 0 atom stereocenters. The minimum atomic E-state index is -4.52. The summed E-state index contributed by atoms with van der Waals surface area (Å²) < 4.78 is 54.3. The maximum Gasteiger partial charge on any atom is 0.417 e. The summed E-state index contributed by atoms with van der Waals surface area (Å²) in [6, 6.07) is 9.89. The second-order valence-corrected chi connectivity index (χ2v) is 8.06. The highest BCUT2D eigenvalue weighted by molar-refractivity contribution is 5.99. The van der Waals surface area contributed by atoms with Gasteiger partial charge in [0.25, 0.3) is 0 Å². The van der Waals surface area contributed by atoms with Crippen LogP contribution in [0.5, 0.6) is 0 Å². The first kappa shape index (κ1) is 23.8. The zero-order valence-corrected chi connectivity index (χ0v) is 18.2. The monoisotopic (exact) mass is 447 g/mol. The molecule has 0 bridgehead atoms. The fourth-order valence-corrected chi connectivity index (χ4v) is 3.98. The van der Waals surface area contributed by atoms with Gasteiger partial charge in [-0.3, -0.25) is 0 Å². The van der Waals surface area contributed by atoms with Crippen molar-refractivity contribution < 1.29 is 17.6 Å². The Balaban J connectivity index is 2.00. The largest absolute Gasteiger partial charge is 0.417 e. The van der Waals surface area contributed by atoms with E-state index < -0.39 is 11.7 Å². The quantitative estimate of drug-likeness (QED) is 0.278. The van der Waals surface area contributed by atoms with Crippen LogP contribution in [0, 0.1) is 5.82 Å². The van der Waals surface area contributed by atoms with Crippen LogP contribution < -0.4 is 11.1 Å². The zero-order valence-electron chi connectivity index (χ0n) is 18.2. The van der Waals surface area contributed by atoms with E-state index in [1.807, 2.05) is 0 Å². The van der Waals surface area contributed by atoms with Gasteiger partial charge in [0.1, 0.15) is 11.7 Å². The van der Waals surface area contributed by atoms with Crippen LogP contribution in [0.2, 0.25) is 0 Å². The van der Waals surface area contributed by atoms with Crippen LogP contribution in [-0.2, 0) is 12.6 Å². The first-order valence-corrected chi connectivity index (χ1v) is 11.0. The molecule has 32 heavy (non-hydrogen) atoms. The van der Waals surface area contributed by atoms with E-state index in [0.717, 1.165) is 61.5 Å². The lowest BCUT2D eigenvalue weighted by atomic mass is 9.98. The van der Waals surface area contributed by atoms with Crippen LogP contribution in [0.3, 0.4) is 0 Å². The fraction of sp³-hybridized carbons (Fsp3) is 0.400. The Morgan fingerprint density at radius 3 is 2.56 bits per heavy atom. The molecule has 7 heteroatoms. The summed E-state index contributed by atoms with van der Waals surface area (Å²) in [5.74, 6) is -0.462. The number of nitrogens with zero attached hydrogens (tertiary/aromatic N) is 1. The number of alkyl halides is 3. The van der Waals surface area contributed by atoms with Crippen molar-refractivity contribution in [3.05, 3.63) is 76.2 Å². The lowest BCUT2D eigenvalue weighted by Gasteiger charge is -2.16. The molecule has 0 unspecified atom stereocenters. The van der Waals surface area contributed by atoms with E-state index in [-0.39, 0.29) is 17.2 Å². The summed E-state index contributed by atoms with van der Waals surface area (Å²) in [5, 5.41) is 3.33. The van der Waals surface area contributed by atoms with Gasteiger partial charge in [0.05, 0.1) is 5.56 Å². The standard InChI is InChI=1S/C25H29F4N3/c1-2-14-31-22-13-12-19(26)16-18(22)15-17-8-4-3-5-11-23(17)32-24(30)20-9-6-7-10-21(20)25(27,28)29/h6-7,9-10,12-13,16,31H,2-5,8,11,14-15H2,1H3,(H2,30,32). The van der Waals surface area contributed by atoms with Gasteiger partial charge < -0.3 is 11.1 Å². The highest BCUT2D eigenvalue weighted by Crippen LogP contribution is 2.33. The molecule has 1 aliphatic rings. The van der Waals surface area contributed by atoms with E-state index in [2.05, 4.69) is 17.2 Å². The van der Waals surface area contributed by atoms with Crippen molar-refractivity contribution >= 4 is 11.5 Å². The van der Waals surface area contributed by atoms with Crippen LogP contribution in [0.25, 0.3) is 0 Å². The molecule has 2 aromatic rings. The van der Waals surface area contributed by atoms with Crippen molar-refractivity contribution in [3.8, 4) is 0 Å². The van der Waals surface area contributed by atoms with Crippen LogP contribution in [0.4, 0.5) is 23.2 Å². The highest BCUT2D eigenvalue weighted by Gasteiger charge is 2.34. The second-order valence-electron chi connectivity index (χ2n) is 8.06. The molecule has 0 saturated heterocycles. The lowest BCUT2D eigenvalue weighted by molar-refractivity contribution is -0.137. The maximum absolute atomic E-state index is 14.0. The average molecular weight is 448 g/mol. The van der Waals surface area contributed by atoms with E-state index >= 15 is 0 Å². The Bertz CT molecular complexity index is 993. The molecule has 0 heterocycles. The molecule has 0 amide bonds. The molecule has 172 valence electrons. The third-order valence-corrected chi connectivity index (χ3v) is 5.60. The van der Waals surface area contributed by atoms with Crippen LogP contribution in [-0.4, -0.2) is 12.4 Å². The Morgan fingerprint density at radius 1 is 1.06 bits per heavy atom. The van der Waals surface area contributed by atoms with E-state index in [1.165, 1.54) is 30.3 Å². The first-order chi connectivity index (χ1) is 15.3. The van der Waals surface area contributed by atoms with Gasteiger partial charge in [-0.05, 0) is 73.9 Å². The van der Waals surface area contributed by atoms with Crippen LogP contribution in [0.15, 0.2) is 58.7 Å². The highest BCUT2D eigenvalue weighted by atomic mass is 19.4. The summed E-state index contributed by atoms with van der Waals surface area (Å²) >= 11 is 0. The number of hydrogen-bond acceptors (Lipinski definition) is 2. The molecular formula is C25H29F4N3. The van der Waals surface area contributed by atoms with Crippen molar-refractivity contribution in [2.45, 2.75) is 58.0 Å². The third-order valence-electron chi connectivity index (χ3n) is 5.60. The van der Waals surface area contributed by atoms with Crippen molar-refractivity contribution in [2.24, 2.45) is 10.7 Å². The molecule has 1 aliphatic carbocycles. The molecule has 0 spiro atoms. The van der Waals surface area contributed by atoms with Crippen LogP contribution >= 0.6 is 0 Å². The number of allylic oxidation sites excluding steroid dienone is 2. The van der Waals surface area contributed by atoms with E-state index in [9.17, 15) is 17.6 Å². The Kier molecular flexibility index (Phi) is 7.94. The number of nitrogens with two attached hydrogens (primary N) is 1. The zero-order chi connectivity index (χ0) is 23.1. The van der Waals surface area contributed by atoms with Gasteiger partial charge in [0.2, 0.25) is 0 Å². The summed E-state index contributed by atoms with van der Waals surface area (Å²) in [5.41, 5.74) is 8.57. The van der Waals surface area contributed by atoms with Gasteiger partial charge >= 0.3 is 6.18 Å². The van der Waals surface area contributed by atoms with Crippen molar-refractivity contribution in [2.75, 3.05) is 11.9 Å². The number of benzene rings is 2. The number of aliphatic imine (C=N–C) groups is 1. The Morgan fingerprint density at radius 2 is 1.81 bits per heavy atom. The number of anilines is 1. The summed E-state index contributed by atoms with van der Waals surface area (Å²) in [6.45, 7) is 2.82. The number of rotatable bonds is 7. The molecule has 0 aliphatic heterocycles. The minimum Gasteiger partial charge on any atom is -0.385 e. The molecular weight excluding hydrogens is 418 g/mol. The minimum absolute atomic E-state index is 0.118. The molecule has 2 aromatic carbocycles. The fourth-order valence-electron chi connectivity index (χ4n) is 3.98. The smallest absolute Gasteiger partial charge is 0.385 e.